The van der Waals surface area contributed by atoms with Gasteiger partial charge >= 0.3 is 0 Å². The topological polar surface area (TPSA) is 24.9 Å². The molecule has 0 aromatic carbocycles. The Hall–Kier alpha value is -1.06. The lowest BCUT2D eigenvalue weighted by atomic mass is 10.2. The van der Waals surface area contributed by atoms with Crippen molar-refractivity contribution in [3.05, 3.63) is 45.9 Å². The van der Waals surface area contributed by atoms with Gasteiger partial charge in [-0.15, -0.1) is 11.3 Å². The van der Waals surface area contributed by atoms with E-state index < -0.39 is 0 Å². The van der Waals surface area contributed by atoms with Gasteiger partial charge in [0.25, 0.3) is 0 Å². The number of pyridine rings is 1. The summed E-state index contributed by atoms with van der Waals surface area (Å²) in [7, 11) is 0. The lowest BCUT2D eigenvalue weighted by Gasteiger charge is -2.12. The number of nitrogens with zero attached hydrogens (tertiary/aromatic N) is 1. The van der Waals surface area contributed by atoms with Gasteiger partial charge in [-0.25, -0.2) is 4.98 Å². The average molecular weight is 239 g/mol. The van der Waals surface area contributed by atoms with E-state index in [1.54, 1.807) is 23.6 Å². The maximum Gasteiger partial charge on any atom is 0.129 e. The molecule has 0 bridgehead atoms. The number of halogens is 1. The van der Waals surface area contributed by atoms with E-state index in [1.165, 1.54) is 4.88 Å². The Kier molecular flexibility index (Phi) is 3.23. The molecule has 0 saturated heterocycles. The highest BCUT2D eigenvalue weighted by Crippen LogP contribution is 2.22. The minimum Gasteiger partial charge on any atom is -0.376 e. The predicted molar refractivity (Wildman–Crippen MR) is 65.6 cm³/mol. The first-order valence-corrected chi connectivity index (χ1v) is 5.93. The van der Waals surface area contributed by atoms with E-state index in [0.717, 1.165) is 5.69 Å². The molecule has 0 aliphatic heterocycles. The lowest BCUT2D eigenvalue weighted by Crippen LogP contribution is -2.04. The van der Waals surface area contributed by atoms with Crippen LogP contribution < -0.4 is 5.32 Å². The summed E-state index contributed by atoms with van der Waals surface area (Å²) in [5.74, 6) is 0. The first-order chi connectivity index (χ1) is 7.25. The molecule has 0 saturated carbocycles. The molecule has 4 heteroatoms. The second kappa shape index (κ2) is 4.64. The van der Waals surface area contributed by atoms with Crippen LogP contribution >= 0.6 is 22.9 Å². The molecule has 0 aliphatic rings. The zero-order chi connectivity index (χ0) is 10.7. The molecule has 2 heterocycles. The molecule has 2 rings (SSSR count). The van der Waals surface area contributed by atoms with Crippen LogP contribution in [0.25, 0.3) is 0 Å². The van der Waals surface area contributed by atoms with Crippen LogP contribution in [0.15, 0.2) is 35.8 Å². The molecule has 15 heavy (non-hydrogen) atoms. The van der Waals surface area contributed by atoms with Crippen LogP contribution in [0.2, 0.25) is 5.15 Å². The molecule has 2 nitrogen and oxygen atoms in total. The monoisotopic (exact) mass is 238 g/mol. The summed E-state index contributed by atoms with van der Waals surface area (Å²) in [6.07, 6.45) is 1.74. The number of thiophene rings is 1. The van der Waals surface area contributed by atoms with Gasteiger partial charge in [0.05, 0.1) is 17.9 Å². The number of hydrogen-bond donors (Lipinski definition) is 1. The van der Waals surface area contributed by atoms with Gasteiger partial charge in [-0.3, -0.25) is 0 Å². The third-order valence-electron chi connectivity index (χ3n) is 2.08. The van der Waals surface area contributed by atoms with E-state index in [9.17, 15) is 0 Å². The first kappa shape index (κ1) is 10.5. The van der Waals surface area contributed by atoms with Crippen LogP contribution in [0.4, 0.5) is 5.69 Å². The first-order valence-electron chi connectivity index (χ1n) is 4.67. The van der Waals surface area contributed by atoms with Crippen LogP contribution in [-0.4, -0.2) is 4.98 Å². The Bertz CT molecular complexity index is 411. The van der Waals surface area contributed by atoms with Crippen molar-refractivity contribution in [3.63, 3.8) is 0 Å². The zero-order valence-corrected chi connectivity index (χ0v) is 9.85. The van der Waals surface area contributed by atoms with Crippen molar-refractivity contribution in [2.45, 2.75) is 13.0 Å². The van der Waals surface area contributed by atoms with Crippen molar-refractivity contribution < 1.29 is 0 Å². The minimum atomic E-state index is 0.299. The van der Waals surface area contributed by atoms with Crippen LogP contribution in [-0.2, 0) is 0 Å². The van der Waals surface area contributed by atoms with Gasteiger partial charge in [0.15, 0.2) is 0 Å². The summed E-state index contributed by atoms with van der Waals surface area (Å²) in [5.41, 5.74) is 0.986. The summed E-state index contributed by atoms with van der Waals surface area (Å²) in [6.45, 7) is 2.13. The maximum absolute atomic E-state index is 5.71. The Labute approximate surface area is 97.9 Å². The van der Waals surface area contributed by atoms with Crippen LogP contribution in [0, 0.1) is 0 Å². The van der Waals surface area contributed by atoms with Gasteiger partial charge in [-0.1, -0.05) is 17.7 Å². The molecule has 78 valence electrons. The Morgan fingerprint density at radius 2 is 2.27 bits per heavy atom. The largest absolute Gasteiger partial charge is 0.376 e. The minimum absolute atomic E-state index is 0.299. The molecule has 1 atom stereocenters. The highest BCUT2D eigenvalue weighted by molar-refractivity contribution is 7.10. The number of nitrogens with one attached hydrogen (secondary N) is 1. The van der Waals surface area contributed by atoms with Crippen molar-refractivity contribution in [1.82, 2.24) is 4.98 Å². The SMILES string of the molecule is CC(Nc1ccc(Cl)nc1)c1cccs1. The molecule has 1 N–H and O–H groups in total. The summed E-state index contributed by atoms with van der Waals surface area (Å²) < 4.78 is 0. The molecule has 1 unspecified atom stereocenters. The van der Waals surface area contributed by atoms with E-state index in [-0.39, 0.29) is 0 Å². The summed E-state index contributed by atoms with van der Waals surface area (Å²) >= 11 is 7.46. The number of anilines is 1. The molecular weight excluding hydrogens is 228 g/mol. The molecule has 0 amide bonds. The smallest absolute Gasteiger partial charge is 0.129 e. The van der Waals surface area contributed by atoms with Crippen LogP contribution in [0.5, 0.6) is 0 Å². The van der Waals surface area contributed by atoms with Crippen molar-refractivity contribution in [2.24, 2.45) is 0 Å². The molecule has 0 spiro atoms. The fraction of sp³-hybridized carbons (Fsp3) is 0.182. The predicted octanol–water partition coefficient (Wildman–Crippen LogP) is 3.97. The Balaban J connectivity index is 2.06. The van der Waals surface area contributed by atoms with E-state index in [2.05, 4.69) is 34.7 Å². The zero-order valence-electron chi connectivity index (χ0n) is 8.27. The van der Waals surface area contributed by atoms with Crippen molar-refractivity contribution >= 4 is 28.6 Å². The van der Waals surface area contributed by atoms with Gasteiger partial charge in [0.2, 0.25) is 0 Å². The van der Waals surface area contributed by atoms with Gasteiger partial charge in [-0.2, -0.15) is 0 Å². The Morgan fingerprint density at radius 1 is 1.40 bits per heavy atom. The van der Waals surface area contributed by atoms with Crippen molar-refractivity contribution in [3.8, 4) is 0 Å². The second-order valence-electron chi connectivity index (χ2n) is 3.25. The fourth-order valence-electron chi connectivity index (χ4n) is 1.32. The van der Waals surface area contributed by atoms with Gasteiger partial charge in [-0.05, 0) is 30.5 Å². The summed E-state index contributed by atoms with van der Waals surface area (Å²) in [6, 6.07) is 8.18. The third-order valence-corrected chi connectivity index (χ3v) is 3.36. The molecule has 2 aromatic heterocycles. The van der Waals surface area contributed by atoms with E-state index in [4.69, 9.17) is 11.6 Å². The van der Waals surface area contributed by atoms with Gasteiger partial charge < -0.3 is 5.32 Å². The number of aromatic nitrogens is 1. The summed E-state index contributed by atoms with van der Waals surface area (Å²) in [5, 5.41) is 5.96. The number of hydrogen-bond acceptors (Lipinski definition) is 3. The standard InChI is InChI=1S/C11H11ClN2S/c1-8(10-3-2-6-15-10)14-9-4-5-11(12)13-7-9/h2-8,14H,1H3. The molecule has 0 aliphatic carbocycles. The average Bonchev–Trinajstić information content (AvgIpc) is 2.74. The van der Waals surface area contributed by atoms with Crippen molar-refractivity contribution in [1.29, 1.82) is 0 Å². The molecule has 2 aromatic rings. The van der Waals surface area contributed by atoms with E-state index in [0.29, 0.717) is 11.2 Å². The highest BCUT2D eigenvalue weighted by Gasteiger charge is 2.05. The molecule has 0 fully saturated rings. The van der Waals surface area contributed by atoms with Crippen LogP contribution in [0.1, 0.15) is 17.8 Å². The fourth-order valence-corrected chi connectivity index (χ4v) is 2.17. The van der Waals surface area contributed by atoms with E-state index >= 15 is 0 Å². The normalized spacial score (nSPS) is 12.4. The maximum atomic E-state index is 5.71. The lowest BCUT2D eigenvalue weighted by molar-refractivity contribution is 0.906. The second-order valence-corrected chi connectivity index (χ2v) is 4.62. The molecule has 0 radical (unpaired) electrons. The van der Waals surface area contributed by atoms with Gasteiger partial charge in [0, 0.05) is 4.88 Å². The number of rotatable bonds is 3. The Morgan fingerprint density at radius 3 is 2.87 bits per heavy atom. The van der Waals surface area contributed by atoms with Gasteiger partial charge in [0.1, 0.15) is 5.15 Å². The molecular formula is C11H11ClN2S. The quantitative estimate of drug-likeness (QED) is 0.819. The van der Waals surface area contributed by atoms with Crippen molar-refractivity contribution in [2.75, 3.05) is 5.32 Å². The summed E-state index contributed by atoms with van der Waals surface area (Å²) in [4.78, 5) is 5.33. The third kappa shape index (κ3) is 2.70. The van der Waals surface area contributed by atoms with Crippen LogP contribution in [0.3, 0.4) is 0 Å². The van der Waals surface area contributed by atoms with E-state index in [1.807, 2.05) is 6.07 Å². The highest BCUT2D eigenvalue weighted by atomic mass is 35.5.